The first-order valence-electron chi connectivity index (χ1n) is 5.14. The third kappa shape index (κ3) is 3.16. The van der Waals surface area contributed by atoms with Crippen LogP contribution >= 0.6 is 0 Å². The Morgan fingerprint density at radius 3 is 2.59 bits per heavy atom. The van der Waals surface area contributed by atoms with Gasteiger partial charge in [0.15, 0.2) is 0 Å². The van der Waals surface area contributed by atoms with Gasteiger partial charge in [0.2, 0.25) is 0 Å². The van der Waals surface area contributed by atoms with Crippen molar-refractivity contribution in [2.24, 2.45) is 0 Å². The van der Waals surface area contributed by atoms with Crippen molar-refractivity contribution in [3.05, 3.63) is 47.5 Å². The van der Waals surface area contributed by atoms with E-state index in [0.717, 1.165) is 0 Å². The Morgan fingerprint density at radius 1 is 1.53 bits per heavy atom. The lowest BCUT2D eigenvalue weighted by atomic mass is 10.0. The third-order valence-corrected chi connectivity index (χ3v) is 2.22. The van der Waals surface area contributed by atoms with Crippen molar-refractivity contribution in [1.29, 1.82) is 5.26 Å². The van der Waals surface area contributed by atoms with E-state index in [2.05, 4.69) is 6.58 Å². The molecule has 17 heavy (non-hydrogen) atoms. The molecule has 0 heterocycles. The van der Waals surface area contributed by atoms with Crippen molar-refractivity contribution >= 4 is 5.97 Å². The Labute approximate surface area is 99.8 Å². The van der Waals surface area contributed by atoms with E-state index in [-0.39, 0.29) is 12.2 Å². The number of benzene rings is 1. The Bertz CT molecular complexity index is 457. The molecule has 0 saturated heterocycles. The van der Waals surface area contributed by atoms with Gasteiger partial charge in [0.25, 0.3) is 0 Å². The number of hydrogen-bond acceptors (Lipinski definition) is 4. The van der Waals surface area contributed by atoms with Crippen molar-refractivity contribution in [3.63, 3.8) is 0 Å². The zero-order valence-corrected chi connectivity index (χ0v) is 9.51. The zero-order chi connectivity index (χ0) is 12.8. The van der Waals surface area contributed by atoms with Crippen LogP contribution in [0.5, 0.6) is 0 Å². The Hall–Kier alpha value is -2.12. The molecule has 0 amide bonds. The molecule has 1 atom stereocenters. The summed E-state index contributed by atoms with van der Waals surface area (Å²) in [6.45, 7) is 5.42. The second-order valence-electron chi connectivity index (χ2n) is 3.38. The monoisotopic (exact) mass is 231 g/mol. The van der Waals surface area contributed by atoms with Gasteiger partial charge in [-0.1, -0.05) is 18.7 Å². The Balaban J connectivity index is 2.82. The standard InChI is InChI=1S/C13H13NO3/c1-3-17-13(16)9(2)12(15)11-6-4-10(8-14)5-7-11/h4-7,12,15H,2-3H2,1H3. The van der Waals surface area contributed by atoms with Crippen LogP contribution in [0.4, 0.5) is 0 Å². The van der Waals surface area contributed by atoms with Crippen LogP contribution < -0.4 is 0 Å². The molecule has 0 spiro atoms. The lowest BCUT2D eigenvalue weighted by Gasteiger charge is -2.12. The molecule has 0 radical (unpaired) electrons. The van der Waals surface area contributed by atoms with Crippen molar-refractivity contribution < 1.29 is 14.6 Å². The highest BCUT2D eigenvalue weighted by Gasteiger charge is 2.19. The molecule has 0 bridgehead atoms. The van der Waals surface area contributed by atoms with Crippen LogP contribution in [0, 0.1) is 11.3 Å². The molecule has 88 valence electrons. The fourth-order valence-electron chi connectivity index (χ4n) is 1.28. The van der Waals surface area contributed by atoms with Crippen molar-refractivity contribution in [1.82, 2.24) is 0 Å². The van der Waals surface area contributed by atoms with E-state index in [9.17, 15) is 9.90 Å². The maximum atomic E-state index is 11.3. The number of carbonyl (C=O) groups is 1. The highest BCUT2D eigenvalue weighted by molar-refractivity contribution is 5.89. The molecule has 0 aromatic heterocycles. The second kappa shape index (κ2) is 5.83. The second-order valence-corrected chi connectivity index (χ2v) is 3.38. The van der Waals surface area contributed by atoms with Gasteiger partial charge in [-0.05, 0) is 24.6 Å². The number of esters is 1. The SMILES string of the molecule is C=C(C(=O)OCC)C(O)c1ccc(C#N)cc1. The molecule has 1 aromatic carbocycles. The number of hydrogen-bond donors (Lipinski definition) is 1. The molecular formula is C13H13NO3. The van der Waals surface area contributed by atoms with Crippen LogP contribution in [0.2, 0.25) is 0 Å². The zero-order valence-electron chi connectivity index (χ0n) is 9.51. The fourth-order valence-corrected chi connectivity index (χ4v) is 1.28. The summed E-state index contributed by atoms with van der Waals surface area (Å²) in [5, 5.41) is 18.5. The topological polar surface area (TPSA) is 70.3 Å². The van der Waals surface area contributed by atoms with E-state index in [1.807, 2.05) is 6.07 Å². The van der Waals surface area contributed by atoms with Crippen LogP contribution in [0.3, 0.4) is 0 Å². The summed E-state index contributed by atoms with van der Waals surface area (Å²) in [4.78, 5) is 11.3. The molecule has 0 aliphatic rings. The summed E-state index contributed by atoms with van der Waals surface area (Å²) in [6, 6.07) is 8.26. The lowest BCUT2D eigenvalue weighted by molar-refractivity contribution is -0.139. The van der Waals surface area contributed by atoms with Gasteiger partial charge in [-0.15, -0.1) is 0 Å². The summed E-state index contributed by atoms with van der Waals surface area (Å²) >= 11 is 0. The van der Waals surface area contributed by atoms with E-state index < -0.39 is 12.1 Å². The minimum absolute atomic E-state index is 0.0171. The van der Waals surface area contributed by atoms with Crippen molar-refractivity contribution in [2.45, 2.75) is 13.0 Å². The van der Waals surface area contributed by atoms with E-state index in [4.69, 9.17) is 10.00 Å². The van der Waals surface area contributed by atoms with Gasteiger partial charge >= 0.3 is 5.97 Å². The first-order valence-corrected chi connectivity index (χ1v) is 5.14. The molecule has 4 nitrogen and oxygen atoms in total. The van der Waals surface area contributed by atoms with Gasteiger partial charge < -0.3 is 9.84 Å². The predicted molar refractivity (Wildman–Crippen MR) is 61.9 cm³/mol. The highest BCUT2D eigenvalue weighted by atomic mass is 16.5. The third-order valence-electron chi connectivity index (χ3n) is 2.22. The van der Waals surface area contributed by atoms with E-state index in [1.54, 1.807) is 31.2 Å². The molecule has 1 N–H and O–H groups in total. The van der Waals surface area contributed by atoms with Crippen LogP contribution in [0.1, 0.15) is 24.2 Å². The van der Waals surface area contributed by atoms with Gasteiger partial charge in [-0.3, -0.25) is 0 Å². The van der Waals surface area contributed by atoms with Crippen LogP contribution in [0.25, 0.3) is 0 Å². The normalized spacial score (nSPS) is 11.4. The number of carbonyl (C=O) groups excluding carboxylic acids is 1. The van der Waals surface area contributed by atoms with Crippen molar-refractivity contribution in [2.75, 3.05) is 6.61 Å². The molecule has 0 fully saturated rings. The molecule has 0 aliphatic heterocycles. The maximum Gasteiger partial charge on any atom is 0.336 e. The van der Waals surface area contributed by atoms with Gasteiger partial charge in [-0.25, -0.2) is 4.79 Å². The Kier molecular flexibility index (Phi) is 4.44. The number of ether oxygens (including phenoxy) is 1. The highest BCUT2D eigenvalue weighted by Crippen LogP contribution is 2.21. The first-order chi connectivity index (χ1) is 8.10. The van der Waals surface area contributed by atoms with Gasteiger partial charge in [0, 0.05) is 0 Å². The minimum atomic E-state index is -1.11. The predicted octanol–water partition coefficient (Wildman–Crippen LogP) is 1.71. The summed E-state index contributed by atoms with van der Waals surface area (Å²) in [5.41, 5.74) is 0.973. The largest absolute Gasteiger partial charge is 0.463 e. The molecule has 1 aromatic rings. The fraction of sp³-hybridized carbons (Fsp3) is 0.231. The number of nitriles is 1. The van der Waals surface area contributed by atoms with Crippen LogP contribution in [-0.4, -0.2) is 17.7 Å². The number of rotatable bonds is 4. The summed E-state index contributed by atoms with van der Waals surface area (Å²) in [6.07, 6.45) is -1.11. The van der Waals surface area contributed by atoms with E-state index >= 15 is 0 Å². The summed E-state index contributed by atoms with van der Waals surface area (Å²) in [5.74, 6) is -0.621. The summed E-state index contributed by atoms with van der Waals surface area (Å²) in [7, 11) is 0. The Morgan fingerprint density at radius 2 is 2.12 bits per heavy atom. The number of aliphatic hydroxyl groups excluding tert-OH is 1. The number of aliphatic hydroxyl groups is 1. The minimum Gasteiger partial charge on any atom is -0.463 e. The van der Waals surface area contributed by atoms with Crippen LogP contribution in [-0.2, 0) is 9.53 Å². The number of nitrogens with zero attached hydrogens (tertiary/aromatic N) is 1. The molecule has 1 rings (SSSR count). The average molecular weight is 231 g/mol. The van der Waals surface area contributed by atoms with Crippen molar-refractivity contribution in [3.8, 4) is 6.07 Å². The quantitative estimate of drug-likeness (QED) is 0.632. The summed E-state index contributed by atoms with van der Waals surface area (Å²) < 4.78 is 4.74. The van der Waals surface area contributed by atoms with Crippen LogP contribution in [0.15, 0.2) is 36.4 Å². The molecule has 0 saturated carbocycles. The first kappa shape index (κ1) is 12.9. The molecule has 0 aliphatic carbocycles. The van der Waals surface area contributed by atoms with E-state index in [0.29, 0.717) is 11.1 Å². The van der Waals surface area contributed by atoms with Gasteiger partial charge in [0.1, 0.15) is 6.10 Å². The smallest absolute Gasteiger partial charge is 0.336 e. The van der Waals surface area contributed by atoms with Gasteiger partial charge in [0.05, 0.1) is 23.8 Å². The van der Waals surface area contributed by atoms with Gasteiger partial charge in [-0.2, -0.15) is 5.26 Å². The van der Waals surface area contributed by atoms with E-state index in [1.165, 1.54) is 0 Å². The maximum absolute atomic E-state index is 11.3. The molecular weight excluding hydrogens is 218 g/mol. The molecule has 1 unspecified atom stereocenters. The average Bonchev–Trinajstić information content (AvgIpc) is 2.37. The lowest BCUT2D eigenvalue weighted by Crippen LogP contribution is -2.13. The molecule has 4 heteroatoms.